The van der Waals surface area contributed by atoms with Crippen molar-refractivity contribution in [2.45, 2.75) is 25.0 Å². The first-order valence-corrected chi connectivity index (χ1v) is 12.0. The van der Waals surface area contributed by atoms with E-state index in [0.717, 1.165) is 39.4 Å². The Bertz CT molecular complexity index is 1230. The molecule has 2 N–H and O–H groups in total. The number of hydrogen-bond acceptors (Lipinski definition) is 6. The molecule has 8 heteroatoms. The second-order valence-electron chi connectivity index (χ2n) is 7.64. The Balaban J connectivity index is 1.44. The van der Waals surface area contributed by atoms with Gasteiger partial charge in [0.2, 0.25) is 5.91 Å². The third-order valence-electron chi connectivity index (χ3n) is 5.15. The standard InChI is InChI=1S/C26H27N5O2S/c1-19-12-14-20(15-13-19)28-25(32)16-17-34-26-30-29-24(31(26)21-8-4-3-5-9-21)18-27-22-10-6-7-11-23(22)33-2/h3-15,27H,16-18H2,1-2H3,(H,28,32). The van der Waals surface area contributed by atoms with Gasteiger partial charge in [-0.15, -0.1) is 10.2 Å². The zero-order valence-electron chi connectivity index (χ0n) is 19.2. The fraction of sp³-hybridized carbons (Fsp3) is 0.192. The van der Waals surface area contributed by atoms with Crippen molar-refractivity contribution in [1.29, 1.82) is 0 Å². The van der Waals surface area contributed by atoms with E-state index in [4.69, 9.17) is 4.74 Å². The molecule has 0 aliphatic carbocycles. The summed E-state index contributed by atoms with van der Waals surface area (Å²) in [5.41, 5.74) is 3.81. The predicted molar refractivity (Wildman–Crippen MR) is 137 cm³/mol. The van der Waals surface area contributed by atoms with Crippen molar-refractivity contribution in [3.8, 4) is 11.4 Å². The normalized spacial score (nSPS) is 10.6. The number of nitrogens with zero attached hydrogens (tertiary/aromatic N) is 3. The number of carbonyl (C=O) groups is 1. The van der Waals surface area contributed by atoms with Crippen LogP contribution >= 0.6 is 11.8 Å². The summed E-state index contributed by atoms with van der Waals surface area (Å²) in [6.45, 7) is 2.49. The van der Waals surface area contributed by atoms with Gasteiger partial charge in [-0.25, -0.2) is 0 Å². The zero-order chi connectivity index (χ0) is 23.8. The molecule has 0 unspecified atom stereocenters. The SMILES string of the molecule is COc1ccccc1NCc1nnc(SCCC(=O)Nc2ccc(C)cc2)n1-c1ccccc1. The molecule has 0 aliphatic heterocycles. The van der Waals surface area contributed by atoms with Crippen LogP contribution in [0.15, 0.2) is 84.0 Å². The Labute approximate surface area is 203 Å². The van der Waals surface area contributed by atoms with Gasteiger partial charge in [0.15, 0.2) is 11.0 Å². The second kappa shape index (κ2) is 11.4. The Morgan fingerprint density at radius 1 is 0.971 bits per heavy atom. The van der Waals surface area contributed by atoms with Crippen molar-refractivity contribution >= 4 is 29.0 Å². The van der Waals surface area contributed by atoms with Crippen molar-refractivity contribution in [3.63, 3.8) is 0 Å². The molecule has 0 saturated heterocycles. The van der Waals surface area contributed by atoms with Crippen molar-refractivity contribution in [1.82, 2.24) is 14.8 Å². The Kier molecular flexibility index (Phi) is 7.83. The van der Waals surface area contributed by atoms with Gasteiger partial charge in [-0.2, -0.15) is 0 Å². The molecule has 0 atom stereocenters. The maximum atomic E-state index is 12.4. The molecule has 7 nitrogen and oxygen atoms in total. The number of nitrogens with one attached hydrogen (secondary N) is 2. The van der Waals surface area contributed by atoms with E-state index >= 15 is 0 Å². The van der Waals surface area contributed by atoms with Crippen LogP contribution in [0.25, 0.3) is 5.69 Å². The van der Waals surface area contributed by atoms with Crippen LogP contribution in [0.2, 0.25) is 0 Å². The molecule has 0 aliphatic rings. The van der Waals surface area contributed by atoms with Crippen LogP contribution < -0.4 is 15.4 Å². The average Bonchev–Trinajstić information content (AvgIpc) is 3.27. The summed E-state index contributed by atoms with van der Waals surface area (Å²) < 4.78 is 7.45. The fourth-order valence-corrected chi connectivity index (χ4v) is 4.31. The molecule has 4 aromatic rings. The number of aromatic nitrogens is 3. The lowest BCUT2D eigenvalue weighted by atomic mass is 10.2. The van der Waals surface area contributed by atoms with Gasteiger partial charge in [0.25, 0.3) is 0 Å². The van der Waals surface area contributed by atoms with Crippen LogP contribution in [0, 0.1) is 6.92 Å². The van der Waals surface area contributed by atoms with Gasteiger partial charge >= 0.3 is 0 Å². The van der Waals surface area contributed by atoms with Crippen molar-refractivity contribution in [2.24, 2.45) is 0 Å². The topological polar surface area (TPSA) is 81.1 Å². The molecule has 0 radical (unpaired) electrons. The second-order valence-corrected chi connectivity index (χ2v) is 8.70. The minimum Gasteiger partial charge on any atom is -0.495 e. The molecule has 0 bridgehead atoms. The molecule has 4 rings (SSSR count). The van der Waals surface area contributed by atoms with E-state index in [1.807, 2.05) is 90.4 Å². The van der Waals surface area contributed by atoms with Gasteiger partial charge in [-0.3, -0.25) is 9.36 Å². The van der Waals surface area contributed by atoms with Crippen LogP contribution in [-0.2, 0) is 11.3 Å². The number of aryl methyl sites for hydroxylation is 1. The van der Waals surface area contributed by atoms with Crippen LogP contribution in [0.5, 0.6) is 5.75 Å². The molecule has 0 spiro atoms. The van der Waals surface area contributed by atoms with E-state index < -0.39 is 0 Å². The van der Waals surface area contributed by atoms with E-state index in [9.17, 15) is 4.79 Å². The highest BCUT2D eigenvalue weighted by Gasteiger charge is 2.15. The van der Waals surface area contributed by atoms with Gasteiger partial charge in [0.05, 0.1) is 19.3 Å². The number of carbonyl (C=O) groups excluding carboxylic acids is 1. The van der Waals surface area contributed by atoms with Gasteiger partial charge < -0.3 is 15.4 Å². The van der Waals surface area contributed by atoms with Crippen molar-refractivity contribution < 1.29 is 9.53 Å². The first-order valence-electron chi connectivity index (χ1n) is 11.0. The maximum Gasteiger partial charge on any atom is 0.225 e. The van der Waals surface area contributed by atoms with Gasteiger partial charge in [0.1, 0.15) is 5.75 Å². The van der Waals surface area contributed by atoms with Crippen LogP contribution in [0.1, 0.15) is 17.8 Å². The van der Waals surface area contributed by atoms with E-state index in [-0.39, 0.29) is 5.91 Å². The van der Waals surface area contributed by atoms with Crippen LogP contribution in [-0.4, -0.2) is 33.5 Å². The summed E-state index contributed by atoms with van der Waals surface area (Å²) >= 11 is 1.51. The number of rotatable bonds is 10. The molecule has 34 heavy (non-hydrogen) atoms. The number of thioether (sulfide) groups is 1. The highest BCUT2D eigenvalue weighted by molar-refractivity contribution is 7.99. The monoisotopic (exact) mass is 473 g/mol. The summed E-state index contributed by atoms with van der Waals surface area (Å²) in [6.07, 6.45) is 0.370. The molecule has 3 aromatic carbocycles. The van der Waals surface area contributed by atoms with Crippen LogP contribution in [0.3, 0.4) is 0 Å². The number of ether oxygens (including phenoxy) is 1. The van der Waals surface area contributed by atoms with Gasteiger partial charge in [-0.05, 0) is 43.3 Å². The quantitative estimate of drug-likeness (QED) is 0.304. The summed E-state index contributed by atoms with van der Waals surface area (Å²) in [4.78, 5) is 12.4. The van der Waals surface area contributed by atoms with E-state index in [0.29, 0.717) is 18.7 Å². The van der Waals surface area contributed by atoms with Crippen molar-refractivity contribution in [3.05, 3.63) is 90.3 Å². The average molecular weight is 474 g/mol. The molecule has 1 heterocycles. The van der Waals surface area contributed by atoms with E-state index in [1.54, 1.807) is 7.11 Å². The number of benzene rings is 3. The minimum absolute atomic E-state index is 0.0276. The molecule has 174 valence electrons. The number of anilines is 2. The molecule has 0 saturated carbocycles. The number of para-hydroxylation sites is 3. The summed E-state index contributed by atoms with van der Waals surface area (Å²) in [5, 5.41) is 15.9. The first-order chi connectivity index (χ1) is 16.6. The summed E-state index contributed by atoms with van der Waals surface area (Å²) in [5.74, 6) is 2.09. The first kappa shape index (κ1) is 23.4. The summed E-state index contributed by atoms with van der Waals surface area (Å²) in [6, 6.07) is 25.5. The third-order valence-corrected chi connectivity index (χ3v) is 6.08. The predicted octanol–water partition coefficient (Wildman–Crippen LogP) is 5.32. The highest BCUT2D eigenvalue weighted by atomic mass is 32.2. The highest BCUT2D eigenvalue weighted by Crippen LogP contribution is 2.26. The van der Waals surface area contributed by atoms with Crippen LogP contribution in [0.4, 0.5) is 11.4 Å². The zero-order valence-corrected chi connectivity index (χ0v) is 20.0. The Morgan fingerprint density at radius 2 is 1.71 bits per heavy atom. The lowest BCUT2D eigenvalue weighted by Gasteiger charge is -2.13. The van der Waals surface area contributed by atoms with E-state index in [2.05, 4.69) is 20.8 Å². The maximum absolute atomic E-state index is 12.4. The lowest BCUT2D eigenvalue weighted by Crippen LogP contribution is -2.12. The third kappa shape index (κ3) is 5.96. The largest absolute Gasteiger partial charge is 0.495 e. The molecular formula is C26H27N5O2S. The van der Waals surface area contributed by atoms with Gasteiger partial charge in [0, 0.05) is 23.5 Å². The number of methoxy groups -OCH3 is 1. The fourth-order valence-electron chi connectivity index (χ4n) is 3.41. The molecule has 1 amide bonds. The minimum atomic E-state index is -0.0276. The Morgan fingerprint density at radius 3 is 2.47 bits per heavy atom. The van der Waals surface area contributed by atoms with Crippen molar-refractivity contribution in [2.75, 3.05) is 23.5 Å². The Hall–Kier alpha value is -3.78. The molecule has 0 fully saturated rings. The number of amides is 1. The number of hydrogen-bond donors (Lipinski definition) is 2. The summed E-state index contributed by atoms with van der Waals surface area (Å²) in [7, 11) is 1.65. The van der Waals surface area contributed by atoms with Gasteiger partial charge in [-0.1, -0.05) is 59.8 Å². The van der Waals surface area contributed by atoms with E-state index in [1.165, 1.54) is 11.8 Å². The molecular weight excluding hydrogens is 446 g/mol. The lowest BCUT2D eigenvalue weighted by molar-refractivity contribution is -0.115. The smallest absolute Gasteiger partial charge is 0.225 e. The molecule has 1 aromatic heterocycles.